The Morgan fingerprint density at radius 1 is 1.23 bits per heavy atom. The van der Waals surface area contributed by atoms with E-state index in [2.05, 4.69) is 84.2 Å². The molecule has 0 unspecified atom stereocenters. The zero-order valence-corrected chi connectivity index (χ0v) is 14.8. The molecule has 2 aromatic heterocycles. The van der Waals surface area contributed by atoms with Crippen LogP contribution in [0.5, 0.6) is 0 Å². The molecule has 2 heterocycles. The second-order valence-corrected chi connectivity index (χ2v) is 5.93. The Hall–Kier alpha value is -1.88. The van der Waals surface area contributed by atoms with Gasteiger partial charge in [0, 0.05) is 23.1 Å². The largest absolute Gasteiger partial charge is 0.455 e. The second-order valence-electron chi connectivity index (χ2n) is 5.21. The first-order valence-corrected chi connectivity index (χ1v) is 8.32. The summed E-state index contributed by atoms with van der Waals surface area (Å²) in [5.41, 5.74) is 5.47. The van der Waals surface area contributed by atoms with Crippen molar-refractivity contribution in [3.8, 4) is 11.3 Å². The van der Waals surface area contributed by atoms with Gasteiger partial charge in [0.05, 0.1) is 5.56 Å². The number of aryl methyl sites for hydroxylation is 2. The molecule has 3 rings (SSSR count). The summed E-state index contributed by atoms with van der Waals surface area (Å²) in [7, 11) is 2.05. The van der Waals surface area contributed by atoms with Crippen LogP contribution in [0.15, 0.2) is 51.6 Å². The van der Waals surface area contributed by atoms with E-state index in [1.54, 1.807) is 6.08 Å². The van der Waals surface area contributed by atoms with Crippen LogP contribution in [0.3, 0.4) is 0 Å². The van der Waals surface area contributed by atoms with Gasteiger partial charge in [0.25, 0.3) is 0 Å². The highest BCUT2D eigenvalue weighted by Gasteiger charge is 2.20. The summed E-state index contributed by atoms with van der Waals surface area (Å²) in [6.07, 6.45) is 5.89. The van der Waals surface area contributed by atoms with Gasteiger partial charge in [-0.1, -0.05) is 41.3 Å². The van der Waals surface area contributed by atoms with E-state index in [1.807, 2.05) is 10.1 Å². The van der Waals surface area contributed by atoms with Crippen molar-refractivity contribution in [1.29, 1.82) is 0 Å². The SMILES string of the molecule is C=Cc1oc2c(-c3cccc[n+]3C)c(C)ccc2c1/C=C\I. The minimum absolute atomic E-state index is 0.813. The average molecular weight is 402 g/mol. The fourth-order valence-electron chi connectivity index (χ4n) is 2.78. The maximum Gasteiger partial charge on any atom is 0.216 e. The van der Waals surface area contributed by atoms with E-state index in [0.717, 1.165) is 33.6 Å². The van der Waals surface area contributed by atoms with E-state index in [0.29, 0.717) is 0 Å². The molecule has 0 atom stereocenters. The minimum Gasteiger partial charge on any atom is -0.455 e. The molecule has 0 saturated heterocycles. The number of halogens is 1. The van der Waals surface area contributed by atoms with E-state index in [4.69, 9.17) is 4.42 Å². The summed E-state index contributed by atoms with van der Waals surface area (Å²) in [4.78, 5) is 0. The van der Waals surface area contributed by atoms with Gasteiger partial charge in [-0.05, 0) is 34.8 Å². The normalized spacial score (nSPS) is 11.4. The topological polar surface area (TPSA) is 17.0 Å². The third-order valence-electron chi connectivity index (χ3n) is 3.86. The lowest BCUT2D eigenvalue weighted by molar-refractivity contribution is -0.660. The number of furan rings is 1. The molecule has 0 aliphatic heterocycles. The number of pyridine rings is 1. The van der Waals surface area contributed by atoms with Crippen LogP contribution in [0.4, 0.5) is 0 Å². The number of hydrogen-bond acceptors (Lipinski definition) is 1. The zero-order chi connectivity index (χ0) is 15.7. The van der Waals surface area contributed by atoms with Gasteiger partial charge in [0.15, 0.2) is 6.20 Å². The monoisotopic (exact) mass is 402 g/mol. The molecule has 0 fully saturated rings. The van der Waals surface area contributed by atoms with Gasteiger partial charge in [0.2, 0.25) is 5.69 Å². The summed E-state index contributed by atoms with van der Waals surface area (Å²) >= 11 is 2.23. The van der Waals surface area contributed by atoms with Crippen molar-refractivity contribution in [2.45, 2.75) is 6.92 Å². The van der Waals surface area contributed by atoms with Gasteiger partial charge < -0.3 is 4.42 Å². The molecule has 0 aliphatic rings. The molecule has 22 heavy (non-hydrogen) atoms. The van der Waals surface area contributed by atoms with Crippen LogP contribution in [0.1, 0.15) is 16.9 Å². The van der Waals surface area contributed by atoms with Crippen molar-refractivity contribution >= 4 is 45.7 Å². The van der Waals surface area contributed by atoms with E-state index in [-0.39, 0.29) is 0 Å². The van der Waals surface area contributed by atoms with Crippen molar-refractivity contribution in [3.05, 3.63) is 64.1 Å². The Balaban J connectivity index is 2.43. The van der Waals surface area contributed by atoms with Gasteiger partial charge in [-0.25, -0.2) is 4.57 Å². The maximum absolute atomic E-state index is 6.14. The Kier molecular flexibility index (Phi) is 4.16. The molecule has 0 N–H and O–H groups in total. The molecule has 3 aromatic rings. The standard InChI is InChI=1S/C19H17INO/c1-4-17-14(10-11-20)15-9-8-13(2)18(19(15)22-17)16-7-5-6-12-21(16)3/h4-12H,1H2,2-3H3/q+1/b11-10-. The molecule has 2 nitrogen and oxygen atoms in total. The smallest absolute Gasteiger partial charge is 0.216 e. The lowest BCUT2D eigenvalue weighted by atomic mass is 10.00. The van der Waals surface area contributed by atoms with E-state index in [9.17, 15) is 0 Å². The lowest BCUT2D eigenvalue weighted by Gasteiger charge is -2.05. The third kappa shape index (κ3) is 2.39. The molecular formula is C19H17INO+. The molecule has 0 radical (unpaired) electrons. The first-order valence-electron chi connectivity index (χ1n) is 7.07. The third-order valence-corrected chi connectivity index (χ3v) is 4.22. The lowest BCUT2D eigenvalue weighted by Crippen LogP contribution is -2.30. The van der Waals surface area contributed by atoms with Crippen molar-refractivity contribution in [2.24, 2.45) is 7.05 Å². The number of hydrogen-bond donors (Lipinski definition) is 0. The van der Waals surface area contributed by atoms with Gasteiger partial charge in [-0.2, -0.15) is 0 Å². The predicted octanol–water partition coefficient (Wildman–Crippen LogP) is 5.28. The van der Waals surface area contributed by atoms with Crippen LogP contribution >= 0.6 is 22.6 Å². The number of benzene rings is 1. The molecule has 0 spiro atoms. The Morgan fingerprint density at radius 3 is 2.73 bits per heavy atom. The Morgan fingerprint density at radius 2 is 2.05 bits per heavy atom. The fraction of sp³-hybridized carbons (Fsp3) is 0.105. The van der Waals surface area contributed by atoms with E-state index < -0.39 is 0 Å². The molecule has 3 heteroatoms. The first kappa shape index (κ1) is 15.0. The summed E-state index contributed by atoms with van der Waals surface area (Å²) < 4.78 is 10.3. The molecule has 0 amide bonds. The van der Waals surface area contributed by atoms with Gasteiger partial charge >= 0.3 is 0 Å². The summed E-state index contributed by atoms with van der Waals surface area (Å²) in [6.45, 7) is 5.99. The van der Waals surface area contributed by atoms with Crippen LogP contribution in [0.25, 0.3) is 34.4 Å². The van der Waals surface area contributed by atoms with Crippen molar-refractivity contribution in [2.75, 3.05) is 0 Å². The van der Waals surface area contributed by atoms with Gasteiger partial charge in [0.1, 0.15) is 18.4 Å². The Labute approximate surface area is 143 Å². The number of fused-ring (bicyclic) bond motifs is 1. The van der Waals surface area contributed by atoms with Crippen LogP contribution in [0, 0.1) is 6.92 Å². The molecule has 0 saturated carbocycles. The number of rotatable bonds is 3. The highest BCUT2D eigenvalue weighted by atomic mass is 127. The summed E-state index contributed by atoms with van der Waals surface area (Å²) in [6, 6.07) is 10.5. The van der Waals surface area contributed by atoms with Crippen LogP contribution < -0.4 is 4.57 Å². The zero-order valence-electron chi connectivity index (χ0n) is 12.6. The van der Waals surface area contributed by atoms with Crippen molar-refractivity contribution in [3.63, 3.8) is 0 Å². The molecule has 0 aliphatic carbocycles. The van der Waals surface area contributed by atoms with Gasteiger partial charge in [-0.3, -0.25) is 0 Å². The Bertz CT molecular complexity index is 890. The van der Waals surface area contributed by atoms with E-state index in [1.165, 1.54) is 5.56 Å². The van der Waals surface area contributed by atoms with E-state index >= 15 is 0 Å². The summed E-state index contributed by atoms with van der Waals surface area (Å²) in [5.74, 6) is 0.813. The molecule has 1 aromatic carbocycles. The van der Waals surface area contributed by atoms with Crippen LogP contribution in [0.2, 0.25) is 0 Å². The fourth-order valence-corrected chi connectivity index (χ4v) is 3.14. The maximum atomic E-state index is 6.14. The minimum atomic E-state index is 0.813. The second kappa shape index (κ2) is 6.08. The quantitative estimate of drug-likeness (QED) is 0.430. The molecular weight excluding hydrogens is 385 g/mol. The van der Waals surface area contributed by atoms with Gasteiger partial charge in [-0.15, -0.1) is 0 Å². The van der Waals surface area contributed by atoms with Crippen molar-refractivity contribution in [1.82, 2.24) is 0 Å². The first-order chi connectivity index (χ1) is 10.7. The predicted molar refractivity (Wildman–Crippen MR) is 101 cm³/mol. The number of aromatic nitrogens is 1. The van der Waals surface area contributed by atoms with Crippen LogP contribution in [-0.4, -0.2) is 0 Å². The highest BCUT2D eigenvalue weighted by molar-refractivity contribution is 14.1. The molecule has 0 bridgehead atoms. The average Bonchev–Trinajstić information content (AvgIpc) is 2.87. The molecule has 110 valence electrons. The summed E-state index contributed by atoms with van der Waals surface area (Å²) in [5, 5.41) is 1.12. The highest BCUT2D eigenvalue weighted by Crippen LogP contribution is 2.36. The van der Waals surface area contributed by atoms with Crippen molar-refractivity contribution < 1.29 is 8.98 Å². The number of nitrogens with zero attached hydrogens (tertiary/aromatic N) is 1. The van der Waals surface area contributed by atoms with Crippen LogP contribution in [-0.2, 0) is 7.05 Å².